The summed E-state index contributed by atoms with van der Waals surface area (Å²) in [6.07, 6.45) is 0. The topological polar surface area (TPSA) is 74.8 Å². The summed E-state index contributed by atoms with van der Waals surface area (Å²) in [4.78, 5) is 8.73. The third-order valence-electron chi connectivity index (χ3n) is 4.77. The summed E-state index contributed by atoms with van der Waals surface area (Å²) < 4.78 is 11.6. The SMILES string of the molecule is [C-]#[N+]c1ccc(Oc2ccc(Sc3ccc(Oc4ccc(C#N)c(C#N)c4)cc3)cc2)cc1[N+]#[C-]. The van der Waals surface area contributed by atoms with Crippen molar-refractivity contribution in [3.8, 4) is 35.1 Å². The Morgan fingerprint density at radius 1 is 0.571 bits per heavy atom. The lowest BCUT2D eigenvalue weighted by Gasteiger charge is -2.09. The molecule has 0 N–H and O–H groups in total. The Morgan fingerprint density at radius 3 is 1.57 bits per heavy atom. The first-order chi connectivity index (χ1) is 17.1. The quantitative estimate of drug-likeness (QED) is 0.265. The van der Waals surface area contributed by atoms with Gasteiger partial charge in [-0.05, 0) is 78.9 Å². The Kier molecular flexibility index (Phi) is 6.96. The predicted molar refractivity (Wildman–Crippen MR) is 132 cm³/mol. The van der Waals surface area contributed by atoms with E-state index in [1.807, 2.05) is 60.7 Å². The number of hydrogen-bond donors (Lipinski definition) is 0. The van der Waals surface area contributed by atoms with E-state index in [-0.39, 0.29) is 11.3 Å². The average Bonchev–Trinajstić information content (AvgIpc) is 2.90. The summed E-state index contributed by atoms with van der Waals surface area (Å²) in [5.74, 6) is 2.24. The second-order valence-corrected chi connectivity index (χ2v) is 8.20. The molecule has 0 atom stereocenters. The number of hydrogen-bond acceptors (Lipinski definition) is 5. The standard InChI is InChI=1S/C28H14N4O2S/c1-31-27-14-9-24(16-28(27)32-2)34-22-7-12-26(13-8-22)35-25-10-5-21(6-11-25)33-23-4-3-19(17-29)20(15-23)18-30/h3-16H. The lowest BCUT2D eigenvalue weighted by atomic mass is 10.1. The molecule has 0 unspecified atom stereocenters. The molecule has 0 amide bonds. The first kappa shape index (κ1) is 23.0. The Bertz CT molecular complexity index is 1430. The highest BCUT2D eigenvalue weighted by Gasteiger charge is 2.07. The van der Waals surface area contributed by atoms with Crippen LogP contribution in [0.5, 0.6) is 23.0 Å². The van der Waals surface area contributed by atoms with Crippen LogP contribution >= 0.6 is 11.8 Å². The van der Waals surface area contributed by atoms with Gasteiger partial charge in [0.2, 0.25) is 0 Å². The zero-order valence-corrected chi connectivity index (χ0v) is 18.9. The first-order valence-corrected chi connectivity index (χ1v) is 11.0. The molecule has 0 aliphatic rings. The highest BCUT2D eigenvalue weighted by atomic mass is 32.2. The van der Waals surface area contributed by atoms with E-state index < -0.39 is 0 Å². The lowest BCUT2D eigenvalue weighted by Crippen LogP contribution is -1.88. The molecular formula is C28H14N4O2S. The van der Waals surface area contributed by atoms with Crippen molar-refractivity contribution in [1.82, 2.24) is 0 Å². The number of benzene rings is 4. The molecule has 0 heterocycles. The van der Waals surface area contributed by atoms with E-state index in [1.165, 1.54) is 0 Å². The van der Waals surface area contributed by atoms with Crippen molar-refractivity contribution in [2.45, 2.75) is 9.79 Å². The average molecular weight is 471 g/mol. The lowest BCUT2D eigenvalue weighted by molar-refractivity contribution is 0.482. The molecule has 0 spiro atoms. The van der Waals surface area contributed by atoms with E-state index in [2.05, 4.69) is 9.69 Å². The molecule has 6 nitrogen and oxygen atoms in total. The second-order valence-electron chi connectivity index (χ2n) is 7.05. The van der Waals surface area contributed by atoms with Crippen LogP contribution in [0, 0.1) is 35.8 Å². The summed E-state index contributed by atoms with van der Waals surface area (Å²) in [7, 11) is 0. The minimum Gasteiger partial charge on any atom is -0.459 e. The molecule has 0 aromatic heterocycles. The number of ether oxygens (including phenoxy) is 2. The highest BCUT2D eigenvalue weighted by molar-refractivity contribution is 7.99. The molecule has 0 saturated carbocycles. The fourth-order valence-electron chi connectivity index (χ4n) is 3.09. The molecule has 7 heteroatoms. The summed E-state index contributed by atoms with van der Waals surface area (Å²) in [6, 6.07) is 28.7. The normalized spacial score (nSPS) is 9.71. The molecule has 4 aromatic carbocycles. The predicted octanol–water partition coefficient (Wildman–Crippen LogP) is 8.27. The Hall–Kier alpha value is -5.21. The number of nitriles is 2. The van der Waals surface area contributed by atoms with Gasteiger partial charge in [-0.25, -0.2) is 4.85 Å². The van der Waals surface area contributed by atoms with Crippen molar-refractivity contribution in [3.05, 3.63) is 119 Å². The maximum absolute atomic E-state index is 9.16. The second kappa shape index (κ2) is 10.6. The maximum atomic E-state index is 9.16. The van der Waals surface area contributed by atoms with Gasteiger partial charge < -0.3 is 9.47 Å². The Balaban J connectivity index is 1.39. The van der Waals surface area contributed by atoms with Crippen molar-refractivity contribution in [2.24, 2.45) is 0 Å². The highest BCUT2D eigenvalue weighted by Crippen LogP contribution is 2.35. The zero-order valence-electron chi connectivity index (χ0n) is 18.1. The molecule has 4 aromatic rings. The number of rotatable bonds is 6. The van der Waals surface area contributed by atoms with E-state index in [0.29, 0.717) is 34.2 Å². The van der Waals surface area contributed by atoms with Crippen LogP contribution in [0.4, 0.5) is 11.4 Å². The van der Waals surface area contributed by atoms with Crippen LogP contribution in [0.3, 0.4) is 0 Å². The summed E-state index contributed by atoms with van der Waals surface area (Å²) in [6.45, 7) is 14.3. The molecule has 0 aliphatic heterocycles. The summed E-state index contributed by atoms with van der Waals surface area (Å²) in [5, 5.41) is 18.2. The van der Waals surface area contributed by atoms with E-state index in [4.69, 9.17) is 33.1 Å². The first-order valence-electron chi connectivity index (χ1n) is 10.2. The fourth-order valence-corrected chi connectivity index (χ4v) is 3.90. The monoisotopic (exact) mass is 470 g/mol. The molecule has 0 radical (unpaired) electrons. The van der Waals surface area contributed by atoms with Crippen LogP contribution in [-0.4, -0.2) is 0 Å². The molecule has 0 fully saturated rings. The smallest absolute Gasteiger partial charge is 0.198 e. The minimum atomic E-state index is 0.266. The maximum Gasteiger partial charge on any atom is 0.198 e. The zero-order chi connectivity index (χ0) is 24.6. The summed E-state index contributed by atoms with van der Waals surface area (Å²) in [5.41, 5.74) is 1.16. The van der Waals surface area contributed by atoms with Crippen molar-refractivity contribution in [2.75, 3.05) is 0 Å². The third-order valence-corrected chi connectivity index (χ3v) is 5.79. The van der Waals surface area contributed by atoms with Gasteiger partial charge in [0.25, 0.3) is 0 Å². The molecule has 0 aliphatic carbocycles. The molecule has 0 bridgehead atoms. The van der Waals surface area contributed by atoms with Crippen molar-refractivity contribution >= 4 is 23.1 Å². The Morgan fingerprint density at radius 2 is 1.06 bits per heavy atom. The van der Waals surface area contributed by atoms with Crippen molar-refractivity contribution in [1.29, 1.82) is 10.5 Å². The number of nitrogens with zero attached hydrogens (tertiary/aromatic N) is 4. The van der Waals surface area contributed by atoms with Gasteiger partial charge >= 0.3 is 0 Å². The molecular weight excluding hydrogens is 456 g/mol. The molecule has 4 rings (SSSR count). The van der Waals surface area contributed by atoms with E-state index in [1.54, 1.807) is 48.2 Å². The van der Waals surface area contributed by atoms with E-state index in [9.17, 15) is 0 Å². The van der Waals surface area contributed by atoms with Gasteiger partial charge in [-0.15, -0.1) is 0 Å². The van der Waals surface area contributed by atoms with E-state index in [0.717, 1.165) is 9.79 Å². The third kappa shape index (κ3) is 5.59. The van der Waals surface area contributed by atoms with Crippen molar-refractivity contribution in [3.63, 3.8) is 0 Å². The van der Waals surface area contributed by atoms with Gasteiger partial charge in [0.15, 0.2) is 11.4 Å². The van der Waals surface area contributed by atoms with Crippen LogP contribution in [0.25, 0.3) is 9.69 Å². The molecule has 164 valence electrons. The van der Waals surface area contributed by atoms with Gasteiger partial charge in [-0.2, -0.15) is 10.5 Å². The van der Waals surface area contributed by atoms with E-state index >= 15 is 0 Å². The van der Waals surface area contributed by atoms with Gasteiger partial charge in [0.05, 0.1) is 24.3 Å². The van der Waals surface area contributed by atoms with Crippen molar-refractivity contribution < 1.29 is 9.47 Å². The molecule has 35 heavy (non-hydrogen) atoms. The van der Waals surface area contributed by atoms with Crippen LogP contribution in [0.1, 0.15) is 11.1 Å². The van der Waals surface area contributed by atoms with Gasteiger partial charge in [-0.3, -0.25) is 4.85 Å². The van der Waals surface area contributed by atoms with Crippen LogP contribution in [0.2, 0.25) is 0 Å². The van der Waals surface area contributed by atoms with Crippen LogP contribution in [-0.2, 0) is 0 Å². The largest absolute Gasteiger partial charge is 0.459 e. The summed E-state index contributed by atoms with van der Waals surface area (Å²) >= 11 is 1.58. The van der Waals surface area contributed by atoms with Crippen LogP contribution < -0.4 is 9.47 Å². The minimum absolute atomic E-state index is 0.266. The fraction of sp³-hybridized carbons (Fsp3) is 0. The van der Waals surface area contributed by atoms with Gasteiger partial charge in [-0.1, -0.05) is 17.8 Å². The Labute approximate surface area is 206 Å². The van der Waals surface area contributed by atoms with Crippen LogP contribution in [0.15, 0.2) is 94.7 Å². The molecule has 0 saturated heterocycles. The van der Waals surface area contributed by atoms with Gasteiger partial charge in [0.1, 0.15) is 35.1 Å². The van der Waals surface area contributed by atoms with Gasteiger partial charge in [0, 0.05) is 9.79 Å².